The highest BCUT2D eigenvalue weighted by Crippen LogP contribution is 2.40. The van der Waals surface area contributed by atoms with Gasteiger partial charge in [0, 0.05) is 12.6 Å². The Morgan fingerprint density at radius 1 is 1.29 bits per heavy atom. The Hall–Kier alpha value is -2.04. The summed E-state index contributed by atoms with van der Waals surface area (Å²) in [6, 6.07) is 0.364. The van der Waals surface area contributed by atoms with E-state index in [0.29, 0.717) is 6.07 Å². The smallest absolute Gasteiger partial charge is 0.464 e. The zero-order valence-electron chi connectivity index (χ0n) is 10.3. The maximum absolute atomic E-state index is 12.9. The molecule has 1 heterocycles. The largest absolute Gasteiger partial charge is 0.573 e. The van der Waals surface area contributed by atoms with E-state index < -0.39 is 47.8 Å². The first-order valence-corrected chi connectivity index (χ1v) is 5.15. The number of carbonyl (C=O) groups is 1. The van der Waals surface area contributed by atoms with Gasteiger partial charge in [0.25, 0.3) is 0 Å². The summed E-state index contributed by atoms with van der Waals surface area (Å²) >= 11 is 0. The third-order valence-electron chi connectivity index (χ3n) is 2.13. The van der Waals surface area contributed by atoms with Gasteiger partial charge in [-0.25, -0.2) is 9.78 Å². The van der Waals surface area contributed by atoms with Gasteiger partial charge in [-0.3, -0.25) is 0 Å². The lowest BCUT2D eigenvalue weighted by molar-refractivity contribution is -0.276. The number of halogens is 6. The number of hydrogen-bond donors (Lipinski definition) is 1. The standard InChI is InChI=1S/C10H8F6N2O3/c1-20-8(19)7-6(9(11,12)13)5(21-10(14,15)16)2-4(3-17)18-7/h2H,3,17H2,1H3. The molecule has 0 aliphatic heterocycles. The first kappa shape index (κ1) is 17.0. The monoisotopic (exact) mass is 318 g/mol. The summed E-state index contributed by atoms with van der Waals surface area (Å²) in [6.07, 6.45) is -10.7. The molecule has 0 saturated heterocycles. The quantitative estimate of drug-likeness (QED) is 0.683. The molecule has 118 valence electrons. The highest BCUT2D eigenvalue weighted by Gasteiger charge is 2.44. The third kappa shape index (κ3) is 4.21. The predicted molar refractivity (Wildman–Crippen MR) is 55.2 cm³/mol. The van der Waals surface area contributed by atoms with Crippen molar-refractivity contribution in [2.75, 3.05) is 7.11 Å². The molecule has 2 N–H and O–H groups in total. The molecule has 1 aromatic heterocycles. The molecule has 0 aromatic carbocycles. The van der Waals surface area contributed by atoms with E-state index in [1.807, 2.05) is 0 Å². The SMILES string of the molecule is COC(=O)c1nc(CN)cc(OC(F)(F)F)c1C(F)(F)F. The molecule has 0 spiro atoms. The van der Waals surface area contributed by atoms with E-state index in [2.05, 4.69) is 14.5 Å². The Balaban J connectivity index is 3.62. The molecule has 1 aromatic rings. The van der Waals surface area contributed by atoms with Crippen LogP contribution >= 0.6 is 0 Å². The lowest BCUT2D eigenvalue weighted by atomic mass is 10.1. The molecule has 0 atom stereocenters. The van der Waals surface area contributed by atoms with E-state index >= 15 is 0 Å². The van der Waals surface area contributed by atoms with Crippen LogP contribution in [0.5, 0.6) is 5.75 Å². The van der Waals surface area contributed by atoms with Gasteiger partial charge in [0.2, 0.25) is 0 Å². The van der Waals surface area contributed by atoms with Crippen LogP contribution in [0, 0.1) is 0 Å². The maximum atomic E-state index is 12.9. The minimum atomic E-state index is -5.39. The Morgan fingerprint density at radius 2 is 1.86 bits per heavy atom. The Bertz CT molecular complexity index is 541. The fourth-order valence-electron chi connectivity index (χ4n) is 1.40. The summed E-state index contributed by atoms with van der Waals surface area (Å²) in [5.41, 5.74) is 1.38. The fourth-order valence-corrected chi connectivity index (χ4v) is 1.40. The summed E-state index contributed by atoms with van der Waals surface area (Å²) < 4.78 is 82.7. The molecular formula is C10H8F6N2O3. The van der Waals surface area contributed by atoms with Crippen molar-refractivity contribution in [1.82, 2.24) is 4.98 Å². The molecule has 0 aliphatic carbocycles. The molecule has 0 saturated carbocycles. The first-order chi connectivity index (χ1) is 9.49. The van der Waals surface area contributed by atoms with Gasteiger partial charge in [0.15, 0.2) is 5.69 Å². The number of rotatable bonds is 3. The van der Waals surface area contributed by atoms with Gasteiger partial charge >= 0.3 is 18.5 Å². The van der Waals surface area contributed by atoms with Crippen molar-refractivity contribution in [1.29, 1.82) is 0 Å². The van der Waals surface area contributed by atoms with E-state index in [9.17, 15) is 31.1 Å². The van der Waals surface area contributed by atoms with E-state index in [4.69, 9.17) is 5.73 Å². The zero-order chi connectivity index (χ0) is 16.4. The Morgan fingerprint density at radius 3 is 2.24 bits per heavy atom. The van der Waals surface area contributed by atoms with Gasteiger partial charge in [-0.15, -0.1) is 13.2 Å². The number of hydrogen-bond acceptors (Lipinski definition) is 5. The highest BCUT2D eigenvalue weighted by molar-refractivity contribution is 5.90. The van der Waals surface area contributed by atoms with E-state index in [-0.39, 0.29) is 0 Å². The number of ether oxygens (including phenoxy) is 2. The van der Waals surface area contributed by atoms with E-state index in [1.165, 1.54) is 0 Å². The van der Waals surface area contributed by atoms with Gasteiger partial charge in [0.05, 0.1) is 12.8 Å². The summed E-state index contributed by atoms with van der Waals surface area (Å²) in [5.74, 6) is -3.18. The number of nitrogens with zero attached hydrogens (tertiary/aromatic N) is 1. The number of esters is 1. The molecule has 21 heavy (non-hydrogen) atoms. The van der Waals surface area contributed by atoms with Crippen LogP contribution in [0.1, 0.15) is 21.7 Å². The van der Waals surface area contributed by atoms with Crippen LogP contribution in [-0.2, 0) is 17.5 Å². The van der Waals surface area contributed by atoms with Crippen LogP contribution in [0.2, 0.25) is 0 Å². The number of aromatic nitrogens is 1. The minimum absolute atomic E-state index is 0.364. The van der Waals surface area contributed by atoms with Crippen molar-refractivity contribution in [2.24, 2.45) is 5.73 Å². The molecule has 1 rings (SSSR count). The number of pyridine rings is 1. The normalized spacial score (nSPS) is 12.2. The van der Waals surface area contributed by atoms with Gasteiger partial charge < -0.3 is 15.2 Å². The minimum Gasteiger partial charge on any atom is -0.464 e. The third-order valence-corrected chi connectivity index (χ3v) is 2.13. The van der Waals surface area contributed by atoms with Crippen molar-refractivity contribution in [3.8, 4) is 5.75 Å². The average Bonchev–Trinajstić information content (AvgIpc) is 2.33. The summed E-state index contributed by atoms with van der Waals surface area (Å²) in [4.78, 5) is 14.6. The number of alkyl halides is 6. The van der Waals surface area contributed by atoms with Crippen molar-refractivity contribution in [2.45, 2.75) is 19.1 Å². The molecule has 0 aliphatic rings. The molecular weight excluding hydrogens is 310 g/mol. The van der Waals surface area contributed by atoms with Crippen LogP contribution in [0.3, 0.4) is 0 Å². The zero-order valence-corrected chi connectivity index (χ0v) is 10.3. The second kappa shape index (κ2) is 5.76. The van der Waals surface area contributed by atoms with Crippen LogP contribution < -0.4 is 10.5 Å². The molecule has 11 heteroatoms. The Kier molecular flexibility index (Phi) is 4.66. The lowest BCUT2D eigenvalue weighted by Gasteiger charge is -2.18. The molecule has 5 nitrogen and oxygen atoms in total. The van der Waals surface area contributed by atoms with Crippen LogP contribution in [0.25, 0.3) is 0 Å². The summed E-state index contributed by atoms with van der Waals surface area (Å²) in [5, 5.41) is 0. The van der Waals surface area contributed by atoms with Crippen LogP contribution in [0.15, 0.2) is 6.07 Å². The van der Waals surface area contributed by atoms with Gasteiger partial charge in [-0.2, -0.15) is 13.2 Å². The highest BCUT2D eigenvalue weighted by atomic mass is 19.4. The number of methoxy groups -OCH3 is 1. The van der Waals surface area contributed by atoms with Crippen LogP contribution in [0.4, 0.5) is 26.3 Å². The topological polar surface area (TPSA) is 74.4 Å². The van der Waals surface area contributed by atoms with Crippen molar-refractivity contribution in [3.63, 3.8) is 0 Å². The molecule has 0 unspecified atom stereocenters. The van der Waals surface area contributed by atoms with E-state index in [0.717, 1.165) is 7.11 Å². The molecule has 0 fully saturated rings. The van der Waals surface area contributed by atoms with Crippen molar-refractivity contribution >= 4 is 5.97 Å². The lowest BCUT2D eigenvalue weighted by Crippen LogP contribution is -2.24. The first-order valence-electron chi connectivity index (χ1n) is 5.15. The second-order valence-corrected chi connectivity index (χ2v) is 3.58. The van der Waals surface area contributed by atoms with Crippen molar-refractivity contribution < 1.29 is 40.6 Å². The fraction of sp³-hybridized carbons (Fsp3) is 0.400. The molecule has 0 bridgehead atoms. The van der Waals surface area contributed by atoms with Crippen molar-refractivity contribution in [3.05, 3.63) is 23.0 Å². The molecule has 0 amide bonds. The van der Waals surface area contributed by atoms with E-state index in [1.54, 1.807) is 0 Å². The maximum Gasteiger partial charge on any atom is 0.573 e. The van der Waals surface area contributed by atoms with Gasteiger partial charge in [-0.05, 0) is 0 Å². The number of nitrogens with two attached hydrogens (primary N) is 1. The second-order valence-electron chi connectivity index (χ2n) is 3.58. The predicted octanol–water partition coefficient (Wildman–Crippen LogP) is 2.24. The summed E-state index contributed by atoms with van der Waals surface area (Å²) in [6.45, 7) is -0.504. The number of carbonyl (C=O) groups excluding carboxylic acids is 1. The van der Waals surface area contributed by atoms with Gasteiger partial charge in [0.1, 0.15) is 11.3 Å². The molecule has 0 radical (unpaired) electrons. The Labute approximate surface area is 113 Å². The summed E-state index contributed by atoms with van der Waals surface area (Å²) in [7, 11) is 0.754. The average molecular weight is 318 g/mol. The van der Waals surface area contributed by atoms with Gasteiger partial charge in [-0.1, -0.05) is 0 Å². The van der Waals surface area contributed by atoms with Crippen LogP contribution in [-0.4, -0.2) is 24.4 Å².